The summed E-state index contributed by atoms with van der Waals surface area (Å²) < 4.78 is 2.39. The van der Waals surface area contributed by atoms with E-state index in [2.05, 4.69) is 33.4 Å². The topological polar surface area (TPSA) is 98.2 Å². The van der Waals surface area contributed by atoms with E-state index in [9.17, 15) is 10.1 Å². The summed E-state index contributed by atoms with van der Waals surface area (Å²) in [5.41, 5.74) is 1.44. The number of hydrogen-bond acceptors (Lipinski definition) is 7. The summed E-state index contributed by atoms with van der Waals surface area (Å²) in [5, 5.41) is 19.5. The second-order valence-electron chi connectivity index (χ2n) is 5.66. The SMILES string of the molecule is CC(CNc1ccc2ncc([N+](=O)[O-])n2n1)c1nc2ccccc2s1. The van der Waals surface area contributed by atoms with Crippen LogP contribution in [0.3, 0.4) is 0 Å². The lowest BCUT2D eigenvalue weighted by Gasteiger charge is -2.09. The van der Waals surface area contributed by atoms with Gasteiger partial charge in [-0.15, -0.1) is 11.3 Å². The molecule has 0 aliphatic heterocycles. The molecule has 1 aromatic carbocycles. The summed E-state index contributed by atoms with van der Waals surface area (Å²) in [4.78, 5) is 19.1. The standard InChI is InChI=1S/C16H14N6O2S/c1-10(16-19-11-4-2-3-5-12(11)25-16)8-17-13-6-7-14-18-9-15(22(23)24)21(14)20-13/h2-7,9-10H,8H2,1H3,(H,17,20). The fraction of sp³-hybridized carbons (Fsp3) is 0.188. The maximum atomic E-state index is 11.0. The molecule has 0 spiro atoms. The Balaban J connectivity index is 1.53. The number of nitrogens with one attached hydrogen (secondary N) is 1. The van der Waals surface area contributed by atoms with E-state index < -0.39 is 4.92 Å². The third kappa shape index (κ3) is 2.89. The highest BCUT2D eigenvalue weighted by Gasteiger charge is 2.17. The molecular weight excluding hydrogens is 340 g/mol. The van der Waals surface area contributed by atoms with E-state index in [1.807, 2.05) is 18.2 Å². The molecule has 126 valence electrons. The van der Waals surface area contributed by atoms with Gasteiger partial charge in [-0.25, -0.2) is 9.97 Å². The molecule has 1 N–H and O–H groups in total. The molecule has 0 saturated carbocycles. The zero-order valence-corrected chi connectivity index (χ0v) is 14.1. The highest BCUT2D eigenvalue weighted by Crippen LogP contribution is 2.27. The van der Waals surface area contributed by atoms with Gasteiger partial charge in [0, 0.05) is 18.5 Å². The molecule has 0 bridgehead atoms. The van der Waals surface area contributed by atoms with Gasteiger partial charge >= 0.3 is 5.82 Å². The van der Waals surface area contributed by atoms with Crippen molar-refractivity contribution in [2.75, 3.05) is 11.9 Å². The van der Waals surface area contributed by atoms with Crippen LogP contribution in [-0.4, -0.2) is 31.1 Å². The first-order valence-corrected chi connectivity index (χ1v) is 8.52. The Morgan fingerprint density at radius 1 is 1.32 bits per heavy atom. The van der Waals surface area contributed by atoms with Gasteiger partial charge in [0.05, 0.1) is 15.2 Å². The highest BCUT2D eigenvalue weighted by atomic mass is 32.1. The molecule has 0 radical (unpaired) electrons. The van der Waals surface area contributed by atoms with E-state index in [0.717, 1.165) is 15.2 Å². The van der Waals surface area contributed by atoms with Crippen molar-refractivity contribution in [3.8, 4) is 0 Å². The number of para-hydroxylation sites is 1. The number of anilines is 1. The first-order valence-electron chi connectivity index (χ1n) is 7.70. The summed E-state index contributed by atoms with van der Waals surface area (Å²) in [7, 11) is 0. The van der Waals surface area contributed by atoms with Crippen LogP contribution < -0.4 is 5.32 Å². The highest BCUT2D eigenvalue weighted by molar-refractivity contribution is 7.18. The molecule has 25 heavy (non-hydrogen) atoms. The van der Waals surface area contributed by atoms with Crippen LogP contribution in [-0.2, 0) is 0 Å². The Labute approximate surface area is 146 Å². The van der Waals surface area contributed by atoms with Crippen LogP contribution in [0.4, 0.5) is 11.6 Å². The Bertz CT molecular complexity index is 1040. The number of fused-ring (bicyclic) bond motifs is 2. The average molecular weight is 354 g/mol. The number of rotatable bonds is 5. The van der Waals surface area contributed by atoms with Crippen molar-refractivity contribution in [2.24, 2.45) is 0 Å². The molecular formula is C16H14N6O2S. The van der Waals surface area contributed by atoms with Crippen molar-refractivity contribution >= 4 is 38.8 Å². The van der Waals surface area contributed by atoms with Crippen LogP contribution in [0.2, 0.25) is 0 Å². The van der Waals surface area contributed by atoms with Gasteiger partial charge in [-0.2, -0.15) is 0 Å². The second kappa shape index (κ2) is 6.10. The van der Waals surface area contributed by atoms with Gasteiger partial charge in [0.2, 0.25) is 5.65 Å². The summed E-state index contributed by atoms with van der Waals surface area (Å²) in [6, 6.07) is 11.5. The number of aromatic nitrogens is 4. The van der Waals surface area contributed by atoms with Gasteiger partial charge < -0.3 is 15.4 Å². The molecule has 8 nitrogen and oxygen atoms in total. The Morgan fingerprint density at radius 3 is 2.96 bits per heavy atom. The smallest absolute Gasteiger partial charge is 0.366 e. The maximum Gasteiger partial charge on any atom is 0.368 e. The number of nitrogens with zero attached hydrogens (tertiary/aromatic N) is 5. The summed E-state index contributed by atoms with van der Waals surface area (Å²) in [6.07, 6.45) is 1.20. The van der Waals surface area contributed by atoms with E-state index in [1.54, 1.807) is 23.5 Å². The number of nitro groups is 1. The van der Waals surface area contributed by atoms with E-state index >= 15 is 0 Å². The lowest BCUT2D eigenvalue weighted by molar-refractivity contribution is -0.391. The van der Waals surface area contributed by atoms with Crippen LogP contribution in [0, 0.1) is 10.1 Å². The Hall–Kier alpha value is -3.07. The van der Waals surface area contributed by atoms with Gasteiger partial charge in [0.15, 0.2) is 5.82 Å². The third-order valence-electron chi connectivity index (χ3n) is 3.85. The minimum atomic E-state index is -0.499. The van der Waals surface area contributed by atoms with Crippen LogP contribution in [0.1, 0.15) is 17.8 Å². The minimum Gasteiger partial charge on any atom is -0.366 e. The average Bonchev–Trinajstić information content (AvgIpc) is 3.23. The van der Waals surface area contributed by atoms with Crippen molar-refractivity contribution < 1.29 is 4.92 Å². The molecule has 9 heteroatoms. The Morgan fingerprint density at radius 2 is 2.16 bits per heavy atom. The van der Waals surface area contributed by atoms with Gasteiger partial charge in [0.25, 0.3) is 0 Å². The molecule has 1 atom stereocenters. The van der Waals surface area contributed by atoms with Gasteiger partial charge in [-0.3, -0.25) is 0 Å². The zero-order chi connectivity index (χ0) is 17.4. The monoisotopic (exact) mass is 354 g/mol. The summed E-state index contributed by atoms with van der Waals surface area (Å²) in [6.45, 7) is 2.71. The molecule has 0 fully saturated rings. The van der Waals surface area contributed by atoms with Gasteiger partial charge in [0.1, 0.15) is 6.20 Å². The van der Waals surface area contributed by atoms with E-state index in [0.29, 0.717) is 18.0 Å². The zero-order valence-electron chi connectivity index (χ0n) is 13.3. The molecule has 0 amide bonds. The van der Waals surface area contributed by atoms with Gasteiger partial charge in [-0.1, -0.05) is 28.7 Å². The fourth-order valence-electron chi connectivity index (χ4n) is 2.53. The molecule has 0 aliphatic carbocycles. The number of benzene rings is 1. The minimum absolute atomic E-state index is 0.155. The normalized spacial score (nSPS) is 12.5. The maximum absolute atomic E-state index is 11.0. The van der Waals surface area contributed by atoms with E-state index in [4.69, 9.17) is 0 Å². The molecule has 0 saturated heterocycles. The van der Waals surface area contributed by atoms with Crippen molar-refractivity contribution in [1.82, 2.24) is 19.6 Å². The lowest BCUT2D eigenvalue weighted by atomic mass is 10.2. The molecule has 1 unspecified atom stereocenters. The van der Waals surface area contributed by atoms with Crippen LogP contribution >= 0.6 is 11.3 Å². The molecule has 4 aromatic rings. The summed E-state index contributed by atoms with van der Waals surface area (Å²) >= 11 is 1.67. The van der Waals surface area contributed by atoms with E-state index in [1.165, 1.54) is 10.7 Å². The molecule has 4 rings (SSSR count). The molecule has 3 heterocycles. The fourth-order valence-corrected chi connectivity index (χ4v) is 3.54. The van der Waals surface area contributed by atoms with Crippen molar-refractivity contribution in [3.63, 3.8) is 0 Å². The first-order chi connectivity index (χ1) is 12.1. The van der Waals surface area contributed by atoms with Crippen LogP contribution in [0.5, 0.6) is 0 Å². The molecule has 3 aromatic heterocycles. The number of imidazole rings is 1. The predicted octanol–water partition coefficient (Wildman–Crippen LogP) is 3.46. The van der Waals surface area contributed by atoms with Crippen molar-refractivity contribution in [3.05, 3.63) is 57.7 Å². The lowest BCUT2D eigenvalue weighted by Crippen LogP contribution is -2.12. The number of thiazole rings is 1. The third-order valence-corrected chi connectivity index (χ3v) is 5.12. The van der Waals surface area contributed by atoms with Crippen LogP contribution in [0.25, 0.3) is 15.9 Å². The Kier molecular flexibility index (Phi) is 3.77. The summed E-state index contributed by atoms with van der Waals surface area (Å²) in [5.74, 6) is 0.590. The first kappa shape index (κ1) is 15.5. The van der Waals surface area contributed by atoms with Crippen LogP contribution in [0.15, 0.2) is 42.6 Å². The van der Waals surface area contributed by atoms with Crippen molar-refractivity contribution in [2.45, 2.75) is 12.8 Å². The number of hydrogen-bond donors (Lipinski definition) is 1. The second-order valence-corrected chi connectivity index (χ2v) is 6.73. The largest absolute Gasteiger partial charge is 0.368 e. The molecule has 0 aliphatic rings. The van der Waals surface area contributed by atoms with E-state index in [-0.39, 0.29) is 11.7 Å². The van der Waals surface area contributed by atoms with Crippen molar-refractivity contribution in [1.29, 1.82) is 0 Å². The predicted molar refractivity (Wildman–Crippen MR) is 96.2 cm³/mol. The quantitative estimate of drug-likeness (QED) is 0.435. The van der Waals surface area contributed by atoms with Gasteiger partial charge in [-0.05, 0) is 23.1 Å².